The number of anilines is 1. The fourth-order valence-electron chi connectivity index (χ4n) is 2.71. The van der Waals surface area contributed by atoms with Gasteiger partial charge in [-0.3, -0.25) is 4.79 Å². The fraction of sp³-hybridized carbons (Fsp3) is 0.412. The smallest absolute Gasteiger partial charge is 0.252 e. The molecule has 24 heavy (non-hydrogen) atoms. The number of morpholine rings is 1. The Bertz CT molecular complexity index is 732. The minimum absolute atomic E-state index is 0.123. The number of pyridine rings is 2. The summed E-state index contributed by atoms with van der Waals surface area (Å²) >= 11 is 5.89. The number of hydrogen-bond donors (Lipinski definition) is 2. The third kappa shape index (κ3) is 4.35. The molecule has 0 bridgehead atoms. The Morgan fingerprint density at radius 2 is 2.33 bits per heavy atom. The third-order valence-corrected chi connectivity index (χ3v) is 4.18. The molecular weight excluding hydrogens is 328 g/mol. The Hall–Kier alpha value is -1.89. The monoisotopic (exact) mass is 348 g/mol. The maximum atomic E-state index is 11.7. The van der Waals surface area contributed by atoms with Crippen LogP contribution in [0.4, 0.5) is 5.82 Å². The van der Waals surface area contributed by atoms with Crippen LogP contribution in [0.1, 0.15) is 18.1 Å². The van der Waals surface area contributed by atoms with E-state index in [4.69, 9.17) is 16.3 Å². The number of rotatable bonds is 5. The second-order valence-corrected chi connectivity index (χ2v) is 6.36. The number of halogens is 1. The summed E-state index contributed by atoms with van der Waals surface area (Å²) in [5, 5.41) is 3.76. The summed E-state index contributed by atoms with van der Waals surface area (Å²) in [7, 11) is 0. The van der Waals surface area contributed by atoms with Gasteiger partial charge in [0.2, 0.25) is 0 Å². The lowest BCUT2D eigenvalue weighted by molar-refractivity contribution is 0.0529. The molecule has 0 saturated carbocycles. The molecule has 0 aromatic carbocycles. The second-order valence-electron chi connectivity index (χ2n) is 5.93. The number of H-pyrrole nitrogens is 1. The van der Waals surface area contributed by atoms with Crippen LogP contribution < -0.4 is 15.8 Å². The van der Waals surface area contributed by atoms with Crippen LogP contribution in [0.2, 0.25) is 5.02 Å². The number of nitrogens with zero attached hydrogens (tertiary/aromatic N) is 2. The predicted molar refractivity (Wildman–Crippen MR) is 94.5 cm³/mol. The number of hydrogen-bond acceptors (Lipinski definition) is 5. The average molecular weight is 349 g/mol. The zero-order chi connectivity index (χ0) is 16.9. The van der Waals surface area contributed by atoms with Crippen LogP contribution in [0, 0.1) is 0 Å². The molecule has 0 amide bonds. The summed E-state index contributed by atoms with van der Waals surface area (Å²) in [6.07, 6.45) is 3.59. The zero-order valence-corrected chi connectivity index (χ0v) is 14.3. The second kappa shape index (κ2) is 7.79. The van der Waals surface area contributed by atoms with E-state index in [1.54, 1.807) is 6.07 Å². The van der Waals surface area contributed by atoms with Crippen LogP contribution in [0.3, 0.4) is 0 Å². The van der Waals surface area contributed by atoms with Crippen LogP contribution in [-0.2, 0) is 17.8 Å². The molecular formula is C17H21ClN4O2. The lowest BCUT2D eigenvalue weighted by atomic mass is 10.2. The van der Waals surface area contributed by atoms with Crippen molar-refractivity contribution < 1.29 is 4.74 Å². The summed E-state index contributed by atoms with van der Waals surface area (Å²) in [5.41, 5.74) is 1.56. The maximum absolute atomic E-state index is 11.7. The first kappa shape index (κ1) is 17.0. The van der Waals surface area contributed by atoms with E-state index in [-0.39, 0.29) is 11.7 Å². The van der Waals surface area contributed by atoms with Crippen LogP contribution in [0.15, 0.2) is 35.4 Å². The Kier molecular flexibility index (Phi) is 5.50. The first-order chi connectivity index (χ1) is 11.6. The van der Waals surface area contributed by atoms with Crippen molar-refractivity contribution in [3.8, 4) is 0 Å². The fourth-order valence-corrected chi connectivity index (χ4v) is 2.89. The van der Waals surface area contributed by atoms with E-state index >= 15 is 0 Å². The van der Waals surface area contributed by atoms with Gasteiger partial charge in [0.1, 0.15) is 5.82 Å². The number of nitrogens with one attached hydrogen (secondary N) is 2. The zero-order valence-electron chi connectivity index (χ0n) is 13.6. The van der Waals surface area contributed by atoms with Gasteiger partial charge in [-0.2, -0.15) is 0 Å². The number of aromatic nitrogens is 2. The molecule has 7 heteroatoms. The summed E-state index contributed by atoms with van der Waals surface area (Å²) in [5.74, 6) is 0.972. The van der Waals surface area contributed by atoms with Crippen LogP contribution in [-0.4, -0.2) is 35.8 Å². The van der Waals surface area contributed by atoms with Gasteiger partial charge in [0.15, 0.2) is 0 Å². The molecule has 0 spiro atoms. The Labute approximate surface area is 145 Å². The lowest BCUT2D eigenvalue weighted by Crippen LogP contribution is -2.41. The largest absolute Gasteiger partial charge is 0.375 e. The molecule has 1 aliphatic heterocycles. The maximum Gasteiger partial charge on any atom is 0.252 e. The van der Waals surface area contributed by atoms with Gasteiger partial charge in [-0.05, 0) is 24.6 Å². The highest BCUT2D eigenvalue weighted by atomic mass is 35.5. The Balaban J connectivity index is 1.54. The van der Waals surface area contributed by atoms with E-state index in [1.807, 2.05) is 12.3 Å². The van der Waals surface area contributed by atoms with Gasteiger partial charge in [0, 0.05) is 44.1 Å². The molecule has 2 N–H and O–H groups in total. The van der Waals surface area contributed by atoms with E-state index in [0.29, 0.717) is 23.7 Å². The van der Waals surface area contributed by atoms with E-state index in [1.165, 1.54) is 6.20 Å². The van der Waals surface area contributed by atoms with E-state index in [9.17, 15) is 4.79 Å². The highest BCUT2D eigenvalue weighted by Gasteiger charge is 2.17. The Morgan fingerprint density at radius 1 is 1.46 bits per heavy atom. The minimum atomic E-state index is -0.123. The first-order valence-corrected chi connectivity index (χ1v) is 8.39. The van der Waals surface area contributed by atoms with Crippen LogP contribution in [0.25, 0.3) is 0 Å². The molecule has 3 heterocycles. The van der Waals surface area contributed by atoms with Gasteiger partial charge in [-0.1, -0.05) is 17.7 Å². The van der Waals surface area contributed by atoms with Gasteiger partial charge in [-0.25, -0.2) is 4.98 Å². The van der Waals surface area contributed by atoms with Crippen LogP contribution >= 0.6 is 11.6 Å². The minimum Gasteiger partial charge on any atom is -0.375 e. The lowest BCUT2D eigenvalue weighted by Gasteiger charge is -2.32. The van der Waals surface area contributed by atoms with Gasteiger partial charge < -0.3 is 19.9 Å². The molecule has 0 aliphatic carbocycles. The van der Waals surface area contributed by atoms with Crippen LogP contribution in [0.5, 0.6) is 0 Å². The molecule has 2 aromatic rings. The van der Waals surface area contributed by atoms with Crippen molar-refractivity contribution in [1.29, 1.82) is 0 Å². The SMILES string of the molecule is CC1CN(c2ccc(CNCc3cc(Cl)c[nH]c3=O)cn2)CCO1. The summed E-state index contributed by atoms with van der Waals surface area (Å²) in [4.78, 5) is 21.1. The summed E-state index contributed by atoms with van der Waals surface area (Å²) in [6.45, 7) is 5.63. The van der Waals surface area contributed by atoms with Crippen molar-refractivity contribution in [2.45, 2.75) is 26.1 Å². The number of aromatic amines is 1. The summed E-state index contributed by atoms with van der Waals surface area (Å²) < 4.78 is 5.55. The van der Waals surface area contributed by atoms with Crippen molar-refractivity contribution >= 4 is 17.4 Å². The molecule has 6 nitrogen and oxygen atoms in total. The van der Waals surface area contributed by atoms with Crippen molar-refractivity contribution in [3.63, 3.8) is 0 Å². The van der Waals surface area contributed by atoms with Gasteiger partial charge in [-0.15, -0.1) is 0 Å². The highest BCUT2D eigenvalue weighted by Crippen LogP contribution is 2.15. The standard InChI is InChI=1S/C17H21ClN4O2/c1-12-11-22(4-5-24-12)16-3-2-13(8-20-16)7-19-9-14-6-15(18)10-21-17(14)23/h2-3,6,8,10,12,19H,4-5,7,9,11H2,1H3,(H,21,23). The van der Waals surface area contributed by atoms with Gasteiger partial charge in [0.25, 0.3) is 5.56 Å². The molecule has 1 unspecified atom stereocenters. The summed E-state index contributed by atoms with van der Waals surface area (Å²) in [6, 6.07) is 5.76. The van der Waals surface area contributed by atoms with E-state index in [0.717, 1.165) is 31.1 Å². The highest BCUT2D eigenvalue weighted by molar-refractivity contribution is 6.30. The molecule has 1 saturated heterocycles. The molecule has 2 aromatic heterocycles. The molecule has 1 aliphatic rings. The molecule has 1 atom stereocenters. The first-order valence-electron chi connectivity index (χ1n) is 8.01. The molecule has 3 rings (SSSR count). The quantitative estimate of drug-likeness (QED) is 0.864. The van der Waals surface area contributed by atoms with Crippen molar-refractivity contribution in [1.82, 2.24) is 15.3 Å². The Morgan fingerprint density at radius 3 is 3.08 bits per heavy atom. The molecule has 128 valence electrons. The van der Waals surface area contributed by atoms with Gasteiger partial charge >= 0.3 is 0 Å². The third-order valence-electron chi connectivity index (χ3n) is 3.96. The van der Waals surface area contributed by atoms with E-state index in [2.05, 4.69) is 33.2 Å². The van der Waals surface area contributed by atoms with Crippen molar-refractivity contribution in [2.75, 3.05) is 24.6 Å². The number of ether oxygens (including phenoxy) is 1. The van der Waals surface area contributed by atoms with Gasteiger partial charge in [0.05, 0.1) is 17.7 Å². The average Bonchev–Trinajstić information content (AvgIpc) is 2.58. The molecule has 0 radical (unpaired) electrons. The topological polar surface area (TPSA) is 70.2 Å². The predicted octanol–water partition coefficient (Wildman–Crippen LogP) is 1.94. The normalized spacial score (nSPS) is 17.9. The van der Waals surface area contributed by atoms with Crippen molar-refractivity contribution in [3.05, 3.63) is 57.1 Å². The van der Waals surface area contributed by atoms with E-state index < -0.39 is 0 Å². The van der Waals surface area contributed by atoms with Crippen molar-refractivity contribution in [2.24, 2.45) is 0 Å². The molecule has 1 fully saturated rings.